The minimum absolute atomic E-state index is 0.201. The van der Waals surface area contributed by atoms with Gasteiger partial charge in [0.05, 0.1) is 4.90 Å². The first-order valence-electron chi connectivity index (χ1n) is 8.40. The molecule has 1 amide bonds. The van der Waals surface area contributed by atoms with Crippen molar-refractivity contribution in [1.82, 2.24) is 10.6 Å². The Hall–Kier alpha value is -2.58. The van der Waals surface area contributed by atoms with Crippen LogP contribution in [0.2, 0.25) is 0 Å². The lowest BCUT2D eigenvalue weighted by atomic mass is 10.2. The molecule has 0 bridgehead atoms. The summed E-state index contributed by atoms with van der Waals surface area (Å²) in [5.74, 6) is -0.220. The lowest BCUT2D eigenvalue weighted by Crippen LogP contribution is -2.43. The van der Waals surface area contributed by atoms with Crippen LogP contribution in [-0.4, -0.2) is 47.6 Å². The van der Waals surface area contributed by atoms with E-state index in [1.165, 1.54) is 0 Å². The molecule has 0 spiro atoms. The van der Waals surface area contributed by atoms with E-state index in [1.54, 1.807) is 43.4 Å². The number of benzene rings is 2. The molecule has 1 heterocycles. The van der Waals surface area contributed by atoms with Gasteiger partial charge in [0.2, 0.25) is 0 Å². The maximum absolute atomic E-state index is 12.6. The zero-order valence-corrected chi connectivity index (χ0v) is 15.3. The van der Waals surface area contributed by atoms with Crippen LogP contribution in [0.4, 0.5) is 11.4 Å². The fourth-order valence-electron chi connectivity index (χ4n) is 2.81. The van der Waals surface area contributed by atoms with Crippen molar-refractivity contribution in [3.05, 3.63) is 54.1 Å². The highest BCUT2D eigenvalue weighted by molar-refractivity contribution is 7.92. The highest BCUT2D eigenvalue weighted by atomic mass is 32.2. The molecule has 7 nitrogen and oxygen atoms in total. The van der Waals surface area contributed by atoms with Crippen LogP contribution in [0.3, 0.4) is 0 Å². The zero-order valence-electron chi connectivity index (χ0n) is 14.5. The molecule has 2 aromatic rings. The molecule has 2 aromatic carbocycles. The molecule has 0 saturated carbocycles. The summed E-state index contributed by atoms with van der Waals surface area (Å²) in [6, 6.07) is 13.2. The number of nitrogens with zero attached hydrogens (tertiary/aromatic N) is 1. The van der Waals surface area contributed by atoms with Crippen molar-refractivity contribution < 1.29 is 13.2 Å². The van der Waals surface area contributed by atoms with Crippen molar-refractivity contribution in [3.63, 3.8) is 0 Å². The average molecular weight is 374 g/mol. The van der Waals surface area contributed by atoms with Gasteiger partial charge in [-0.25, -0.2) is 8.42 Å². The van der Waals surface area contributed by atoms with Gasteiger partial charge in [-0.15, -0.1) is 0 Å². The van der Waals surface area contributed by atoms with Crippen molar-refractivity contribution in [2.75, 3.05) is 42.8 Å². The van der Waals surface area contributed by atoms with Crippen LogP contribution in [0.5, 0.6) is 0 Å². The summed E-state index contributed by atoms with van der Waals surface area (Å²) < 4.78 is 27.6. The molecule has 0 unspecified atom stereocenters. The van der Waals surface area contributed by atoms with Crippen LogP contribution < -0.4 is 20.3 Å². The molecule has 1 aliphatic heterocycles. The average Bonchev–Trinajstić information content (AvgIpc) is 2.68. The van der Waals surface area contributed by atoms with Gasteiger partial charge in [-0.05, 0) is 48.5 Å². The Kier molecular flexibility index (Phi) is 5.43. The molecule has 0 aromatic heterocycles. The first-order valence-corrected chi connectivity index (χ1v) is 9.88. The zero-order chi connectivity index (χ0) is 18.6. The van der Waals surface area contributed by atoms with Crippen molar-refractivity contribution >= 4 is 27.3 Å². The second kappa shape index (κ2) is 7.76. The molecule has 26 heavy (non-hydrogen) atoms. The van der Waals surface area contributed by atoms with Gasteiger partial charge in [-0.1, -0.05) is 0 Å². The summed E-state index contributed by atoms with van der Waals surface area (Å²) >= 11 is 0. The summed E-state index contributed by atoms with van der Waals surface area (Å²) in [6.07, 6.45) is 0. The standard InChI is InChI=1S/C18H22N4O3S/c1-19-18(23)14-2-4-15(5-3-14)21-26(24,25)17-8-6-16(7-9-17)22-12-10-20-11-13-22/h2-9,20-21H,10-13H2,1H3,(H,19,23). The Morgan fingerprint density at radius 1 is 1.00 bits per heavy atom. The van der Waals surface area contributed by atoms with Crippen molar-refractivity contribution in [2.24, 2.45) is 0 Å². The number of carbonyl (C=O) groups excluding carboxylic acids is 1. The maximum Gasteiger partial charge on any atom is 0.261 e. The number of anilines is 2. The highest BCUT2D eigenvalue weighted by Crippen LogP contribution is 2.21. The van der Waals surface area contributed by atoms with Crippen LogP contribution in [-0.2, 0) is 10.0 Å². The Morgan fingerprint density at radius 3 is 2.19 bits per heavy atom. The van der Waals surface area contributed by atoms with Crippen LogP contribution in [0.25, 0.3) is 0 Å². The van der Waals surface area contributed by atoms with Crippen LogP contribution in [0, 0.1) is 0 Å². The van der Waals surface area contributed by atoms with E-state index >= 15 is 0 Å². The smallest absolute Gasteiger partial charge is 0.261 e. The number of hydrogen-bond donors (Lipinski definition) is 3. The number of amides is 1. The Balaban J connectivity index is 1.72. The molecule has 3 N–H and O–H groups in total. The normalized spacial score (nSPS) is 14.7. The lowest BCUT2D eigenvalue weighted by molar-refractivity contribution is 0.0963. The Bertz CT molecular complexity index is 858. The molecule has 0 aliphatic carbocycles. The van der Waals surface area contributed by atoms with E-state index in [4.69, 9.17) is 0 Å². The molecule has 138 valence electrons. The quantitative estimate of drug-likeness (QED) is 0.733. The molecular formula is C18H22N4O3S. The van der Waals surface area contributed by atoms with Gasteiger partial charge in [0.25, 0.3) is 15.9 Å². The third-order valence-corrected chi connectivity index (χ3v) is 5.65. The number of sulfonamides is 1. The fourth-order valence-corrected chi connectivity index (χ4v) is 3.87. The number of nitrogens with one attached hydrogen (secondary N) is 3. The van der Waals surface area contributed by atoms with E-state index in [2.05, 4.69) is 20.3 Å². The van der Waals surface area contributed by atoms with Gasteiger partial charge in [-0.3, -0.25) is 9.52 Å². The van der Waals surface area contributed by atoms with Gasteiger partial charge >= 0.3 is 0 Å². The van der Waals surface area contributed by atoms with Gasteiger partial charge in [0.15, 0.2) is 0 Å². The van der Waals surface area contributed by atoms with Crippen LogP contribution >= 0.6 is 0 Å². The predicted octanol–water partition coefficient (Wildman–Crippen LogP) is 1.26. The molecule has 3 rings (SSSR count). The first kappa shape index (κ1) is 18.2. The van der Waals surface area contributed by atoms with Gasteiger partial charge in [0, 0.05) is 50.2 Å². The van der Waals surface area contributed by atoms with Crippen molar-refractivity contribution in [2.45, 2.75) is 4.90 Å². The van der Waals surface area contributed by atoms with E-state index in [-0.39, 0.29) is 10.8 Å². The maximum atomic E-state index is 12.6. The minimum Gasteiger partial charge on any atom is -0.369 e. The minimum atomic E-state index is -3.68. The molecule has 1 aliphatic rings. The number of hydrogen-bond acceptors (Lipinski definition) is 5. The molecule has 1 saturated heterocycles. The van der Waals surface area contributed by atoms with E-state index < -0.39 is 10.0 Å². The number of carbonyl (C=O) groups is 1. The predicted molar refractivity (Wildman–Crippen MR) is 102 cm³/mol. The number of rotatable bonds is 5. The lowest BCUT2D eigenvalue weighted by Gasteiger charge is -2.29. The largest absolute Gasteiger partial charge is 0.369 e. The van der Waals surface area contributed by atoms with E-state index in [0.29, 0.717) is 11.3 Å². The summed E-state index contributed by atoms with van der Waals surface area (Å²) in [7, 11) is -2.14. The molecule has 0 radical (unpaired) electrons. The molecular weight excluding hydrogens is 352 g/mol. The summed E-state index contributed by atoms with van der Waals surface area (Å²) in [5.41, 5.74) is 1.89. The van der Waals surface area contributed by atoms with Crippen LogP contribution in [0.15, 0.2) is 53.4 Å². The SMILES string of the molecule is CNC(=O)c1ccc(NS(=O)(=O)c2ccc(N3CCNCC3)cc2)cc1. The molecule has 1 fully saturated rings. The third-order valence-electron chi connectivity index (χ3n) is 4.26. The summed E-state index contributed by atoms with van der Waals surface area (Å²) in [6.45, 7) is 3.66. The van der Waals surface area contributed by atoms with Crippen molar-refractivity contribution in [3.8, 4) is 0 Å². The number of piperazine rings is 1. The Morgan fingerprint density at radius 2 is 1.62 bits per heavy atom. The second-order valence-corrected chi connectivity index (χ2v) is 7.68. The van der Waals surface area contributed by atoms with Gasteiger partial charge in [-0.2, -0.15) is 0 Å². The van der Waals surface area contributed by atoms with E-state index in [9.17, 15) is 13.2 Å². The summed E-state index contributed by atoms with van der Waals surface area (Å²) in [4.78, 5) is 14.0. The summed E-state index contributed by atoms with van der Waals surface area (Å²) in [5, 5.41) is 5.81. The third kappa shape index (κ3) is 4.14. The van der Waals surface area contributed by atoms with Gasteiger partial charge in [0.1, 0.15) is 0 Å². The van der Waals surface area contributed by atoms with E-state index in [1.807, 2.05) is 12.1 Å². The topological polar surface area (TPSA) is 90.5 Å². The fraction of sp³-hybridized carbons (Fsp3) is 0.278. The molecule has 0 atom stereocenters. The van der Waals surface area contributed by atoms with Gasteiger partial charge < -0.3 is 15.5 Å². The molecule has 8 heteroatoms. The second-order valence-electron chi connectivity index (χ2n) is 5.99. The highest BCUT2D eigenvalue weighted by Gasteiger charge is 2.16. The Labute approximate surface area is 153 Å². The van der Waals surface area contributed by atoms with Crippen molar-refractivity contribution in [1.29, 1.82) is 0 Å². The monoisotopic (exact) mass is 374 g/mol. The van der Waals surface area contributed by atoms with E-state index in [0.717, 1.165) is 31.9 Å². The van der Waals surface area contributed by atoms with Crippen LogP contribution in [0.1, 0.15) is 10.4 Å². The first-order chi connectivity index (χ1) is 12.5.